The van der Waals surface area contributed by atoms with Crippen LogP contribution in [0, 0.1) is 20.8 Å². The Bertz CT molecular complexity index is 1260. The van der Waals surface area contributed by atoms with Crippen molar-refractivity contribution in [1.82, 2.24) is 9.55 Å². The fourth-order valence-corrected chi connectivity index (χ4v) is 3.67. The van der Waals surface area contributed by atoms with E-state index in [1.807, 2.05) is 79.9 Å². The van der Waals surface area contributed by atoms with Crippen molar-refractivity contribution >= 4 is 34.2 Å². The predicted octanol–water partition coefficient (Wildman–Crippen LogP) is 5.83. The number of carbonyl (C=O) groups is 1. The van der Waals surface area contributed by atoms with Crippen molar-refractivity contribution in [3.8, 4) is 5.75 Å². The molecule has 0 aliphatic carbocycles. The van der Waals surface area contributed by atoms with Crippen LogP contribution in [0.25, 0.3) is 11.0 Å². The second-order valence-corrected chi connectivity index (χ2v) is 8.08. The van der Waals surface area contributed by atoms with Crippen molar-refractivity contribution in [3.05, 3.63) is 88.2 Å². The van der Waals surface area contributed by atoms with Gasteiger partial charge in [-0.25, -0.2) is 4.98 Å². The van der Waals surface area contributed by atoms with Gasteiger partial charge in [0.1, 0.15) is 24.7 Å². The Balaban J connectivity index is 1.57. The van der Waals surface area contributed by atoms with Gasteiger partial charge >= 0.3 is 0 Å². The third-order valence-electron chi connectivity index (χ3n) is 5.19. The lowest BCUT2D eigenvalue weighted by atomic mass is 10.1. The van der Waals surface area contributed by atoms with Crippen LogP contribution in [0.4, 0.5) is 5.69 Å². The smallest absolute Gasteiger partial charge is 0.244 e. The van der Waals surface area contributed by atoms with Gasteiger partial charge in [-0.1, -0.05) is 41.4 Å². The number of nitrogens with zero attached hydrogens (tertiary/aromatic N) is 2. The zero-order valence-electron chi connectivity index (χ0n) is 17.8. The number of ether oxygens (including phenoxy) is 1. The van der Waals surface area contributed by atoms with E-state index < -0.39 is 0 Å². The van der Waals surface area contributed by atoms with E-state index in [0.717, 1.165) is 33.4 Å². The molecular formula is C25H24ClN3O2. The number of hydrogen-bond acceptors (Lipinski definition) is 3. The number of amides is 1. The summed E-state index contributed by atoms with van der Waals surface area (Å²) < 4.78 is 7.86. The summed E-state index contributed by atoms with van der Waals surface area (Å²) in [7, 11) is 0. The lowest BCUT2D eigenvalue weighted by molar-refractivity contribution is -0.116. The average Bonchev–Trinajstić information content (AvgIpc) is 3.08. The van der Waals surface area contributed by atoms with Gasteiger partial charge in [0, 0.05) is 10.7 Å². The van der Waals surface area contributed by atoms with Crippen LogP contribution in [0.15, 0.2) is 60.7 Å². The van der Waals surface area contributed by atoms with Gasteiger partial charge in [0.25, 0.3) is 0 Å². The molecular weight excluding hydrogens is 410 g/mol. The van der Waals surface area contributed by atoms with E-state index in [9.17, 15) is 4.79 Å². The molecule has 6 heteroatoms. The summed E-state index contributed by atoms with van der Waals surface area (Å²) in [6.07, 6.45) is 0. The van der Waals surface area contributed by atoms with E-state index in [2.05, 4.69) is 16.4 Å². The van der Waals surface area contributed by atoms with Gasteiger partial charge in [0.2, 0.25) is 5.91 Å². The van der Waals surface area contributed by atoms with Crippen LogP contribution in [0.3, 0.4) is 0 Å². The van der Waals surface area contributed by atoms with E-state index in [1.54, 1.807) is 0 Å². The maximum atomic E-state index is 12.9. The standard InChI is InChI=1S/C25H24ClN3O2/c1-16-8-11-21(18(3)12-16)28-25(30)14-29-23-7-5-4-6-22(23)27-24(29)15-31-19-9-10-20(26)17(2)13-19/h4-13H,14-15H2,1-3H3,(H,28,30). The molecule has 0 fully saturated rings. The first kappa shape index (κ1) is 20.9. The van der Waals surface area contributed by atoms with Crippen LogP contribution in [0.1, 0.15) is 22.5 Å². The first-order valence-corrected chi connectivity index (χ1v) is 10.5. The van der Waals surface area contributed by atoms with Crippen LogP contribution in [0.2, 0.25) is 5.02 Å². The molecule has 31 heavy (non-hydrogen) atoms. The van der Waals surface area contributed by atoms with Gasteiger partial charge in [0.05, 0.1) is 11.0 Å². The number of benzene rings is 3. The van der Waals surface area contributed by atoms with Crippen LogP contribution < -0.4 is 10.1 Å². The summed E-state index contributed by atoms with van der Waals surface area (Å²) in [5.74, 6) is 1.28. The number of para-hydroxylation sites is 2. The first-order valence-electron chi connectivity index (χ1n) is 10.1. The Hall–Kier alpha value is -3.31. The number of fused-ring (bicyclic) bond motifs is 1. The number of aromatic nitrogens is 2. The normalized spacial score (nSPS) is 11.0. The predicted molar refractivity (Wildman–Crippen MR) is 125 cm³/mol. The van der Waals surface area contributed by atoms with Crippen molar-refractivity contribution in [1.29, 1.82) is 0 Å². The second kappa shape index (κ2) is 8.82. The van der Waals surface area contributed by atoms with Crippen LogP contribution in [0.5, 0.6) is 5.75 Å². The molecule has 1 heterocycles. The van der Waals surface area contributed by atoms with Crippen LogP contribution >= 0.6 is 11.6 Å². The molecule has 1 aromatic heterocycles. The maximum absolute atomic E-state index is 12.9. The third kappa shape index (κ3) is 4.72. The van der Waals surface area contributed by atoms with E-state index >= 15 is 0 Å². The summed E-state index contributed by atoms with van der Waals surface area (Å²) in [6, 6.07) is 19.3. The highest BCUT2D eigenvalue weighted by Crippen LogP contribution is 2.23. The fourth-order valence-electron chi connectivity index (χ4n) is 3.55. The van der Waals surface area contributed by atoms with Crippen LogP contribution in [-0.4, -0.2) is 15.5 Å². The largest absolute Gasteiger partial charge is 0.486 e. The van der Waals surface area contributed by atoms with E-state index in [1.165, 1.54) is 0 Å². The Morgan fingerprint density at radius 2 is 1.84 bits per heavy atom. The molecule has 0 aliphatic heterocycles. The number of rotatable bonds is 6. The fraction of sp³-hybridized carbons (Fsp3) is 0.200. The molecule has 0 saturated carbocycles. The molecule has 0 spiro atoms. The Morgan fingerprint density at radius 3 is 2.61 bits per heavy atom. The zero-order valence-corrected chi connectivity index (χ0v) is 18.5. The highest BCUT2D eigenvalue weighted by molar-refractivity contribution is 6.31. The van der Waals surface area contributed by atoms with Crippen molar-refractivity contribution in [3.63, 3.8) is 0 Å². The third-order valence-corrected chi connectivity index (χ3v) is 5.61. The molecule has 0 atom stereocenters. The maximum Gasteiger partial charge on any atom is 0.244 e. The van der Waals surface area contributed by atoms with Gasteiger partial charge in [-0.15, -0.1) is 0 Å². The minimum Gasteiger partial charge on any atom is -0.486 e. The lowest BCUT2D eigenvalue weighted by Gasteiger charge is -2.13. The number of anilines is 1. The van der Waals surface area contributed by atoms with Gasteiger partial charge in [-0.3, -0.25) is 4.79 Å². The number of carbonyl (C=O) groups excluding carboxylic acids is 1. The molecule has 4 rings (SSSR count). The molecule has 0 bridgehead atoms. The van der Waals surface area contributed by atoms with E-state index in [4.69, 9.17) is 16.3 Å². The summed E-state index contributed by atoms with van der Waals surface area (Å²) >= 11 is 6.10. The second-order valence-electron chi connectivity index (χ2n) is 7.67. The molecule has 5 nitrogen and oxygen atoms in total. The summed E-state index contributed by atoms with van der Waals surface area (Å²) in [4.78, 5) is 17.5. The van der Waals surface area contributed by atoms with Crippen molar-refractivity contribution in [2.24, 2.45) is 0 Å². The number of hydrogen-bond donors (Lipinski definition) is 1. The highest BCUT2D eigenvalue weighted by Gasteiger charge is 2.15. The molecule has 0 unspecified atom stereocenters. The molecule has 4 aromatic rings. The number of nitrogens with one attached hydrogen (secondary N) is 1. The number of imidazole rings is 1. The summed E-state index contributed by atoms with van der Waals surface area (Å²) in [5.41, 5.74) is 5.67. The van der Waals surface area contributed by atoms with Crippen molar-refractivity contribution in [2.45, 2.75) is 33.9 Å². The van der Waals surface area contributed by atoms with Crippen molar-refractivity contribution < 1.29 is 9.53 Å². The Kier molecular flexibility index (Phi) is 5.96. The summed E-state index contributed by atoms with van der Waals surface area (Å²) in [6.45, 7) is 6.34. The van der Waals surface area contributed by atoms with E-state index in [0.29, 0.717) is 16.6 Å². The molecule has 3 aromatic carbocycles. The van der Waals surface area contributed by atoms with E-state index in [-0.39, 0.29) is 19.1 Å². The van der Waals surface area contributed by atoms with Gasteiger partial charge in [-0.05, 0) is 68.3 Å². The molecule has 0 saturated heterocycles. The summed E-state index contributed by atoms with van der Waals surface area (Å²) in [5, 5.41) is 3.71. The van der Waals surface area contributed by atoms with Gasteiger partial charge < -0.3 is 14.6 Å². The topological polar surface area (TPSA) is 56.2 Å². The Labute approximate surface area is 186 Å². The SMILES string of the molecule is Cc1ccc(NC(=O)Cn2c(COc3ccc(Cl)c(C)c3)nc3ccccc32)c(C)c1. The van der Waals surface area contributed by atoms with Gasteiger partial charge in [-0.2, -0.15) is 0 Å². The van der Waals surface area contributed by atoms with Crippen LogP contribution in [-0.2, 0) is 17.9 Å². The zero-order chi connectivity index (χ0) is 22.0. The quantitative estimate of drug-likeness (QED) is 0.416. The van der Waals surface area contributed by atoms with Gasteiger partial charge in [0.15, 0.2) is 0 Å². The average molecular weight is 434 g/mol. The number of halogens is 1. The monoisotopic (exact) mass is 433 g/mol. The Morgan fingerprint density at radius 1 is 1.03 bits per heavy atom. The molecule has 1 N–H and O–H groups in total. The molecule has 0 aliphatic rings. The number of aryl methyl sites for hydroxylation is 3. The minimum absolute atomic E-state index is 0.112. The van der Waals surface area contributed by atoms with Crippen molar-refractivity contribution in [2.75, 3.05) is 5.32 Å². The molecule has 158 valence electrons. The lowest BCUT2D eigenvalue weighted by Crippen LogP contribution is -2.21. The molecule has 1 amide bonds. The minimum atomic E-state index is -0.112. The molecule has 0 radical (unpaired) electrons. The first-order chi connectivity index (χ1) is 14.9. The highest BCUT2D eigenvalue weighted by atomic mass is 35.5.